The first kappa shape index (κ1) is 13.7. The van der Waals surface area contributed by atoms with Crippen LogP contribution in [0.2, 0.25) is 0 Å². The molecule has 0 unspecified atom stereocenters. The third kappa shape index (κ3) is 3.63. The zero-order valence-electron chi connectivity index (χ0n) is 10.6. The maximum atomic E-state index is 13.9. The third-order valence-electron chi connectivity index (χ3n) is 2.91. The summed E-state index contributed by atoms with van der Waals surface area (Å²) in [5.41, 5.74) is 0.499. The van der Waals surface area contributed by atoms with Crippen LogP contribution in [-0.4, -0.2) is 53.5 Å². The summed E-state index contributed by atoms with van der Waals surface area (Å²) in [5, 5.41) is 0.468. The lowest BCUT2D eigenvalue weighted by atomic mass is 10.3. The van der Waals surface area contributed by atoms with E-state index in [0.29, 0.717) is 17.1 Å². The van der Waals surface area contributed by atoms with Crippen LogP contribution < -0.4 is 0 Å². The molecule has 6 heteroatoms. The van der Waals surface area contributed by atoms with Crippen molar-refractivity contribution in [2.45, 2.75) is 18.4 Å². The topological polar surface area (TPSA) is 38.2 Å². The van der Waals surface area contributed by atoms with E-state index in [1.54, 1.807) is 0 Å². The van der Waals surface area contributed by atoms with Gasteiger partial charge in [0.15, 0.2) is 5.82 Å². The lowest BCUT2D eigenvalue weighted by molar-refractivity contribution is 0.0410. The second-order valence-electron chi connectivity index (χ2n) is 4.10. The Bertz CT molecular complexity index is 386. The molecule has 2 rings (SSSR count). The Labute approximate surface area is 111 Å². The van der Waals surface area contributed by atoms with Gasteiger partial charge in [0.05, 0.1) is 18.9 Å². The summed E-state index contributed by atoms with van der Waals surface area (Å²) in [6.45, 7) is 6.37. The first-order valence-corrected chi connectivity index (χ1v) is 7.22. The van der Waals surface area contributed by atoms with Crippen molar-refractivity contribution >= 4 is 11.8 Å². The van der Waals surface area contributed by atoms with Crippen LogP contribution in [0.3, 0.4) is 0 Å². The number of aromatic nitrogens is 2. The second-order valence-corrected chi connectivity index (χ2v) is 5.18. The van der Waals surface area contributed by atoms with Crippen molar-refractivity contribution in [2.24, 2.45) is 0 Å². The molecule has 0 aromatic carbocycles. The summed E-state index contributed by atoms with van der Waals surface area (Å²) < 4.78 is 19.1. The van der Waals surface area contributed by atoms with Crippen molar-refractivity contribution < 1.29 is 9.13 Å². The highest BCUT2D eigenvalue weighted by atomic mass is 32.2. The smallest absolute Gasteiger partial charge is 0.176 e. The minimum atomic E-state index is -0.257. The van der Waals surface area contributed by atoms with Gasteiger partial charge in [0.25, 0.3) is 0 Å². The molecule has 1 aromatic rings. The average Bonchev–Trinajstić information content (AvgIpc) is 2.42. The first-order valence-electron chi connectivity index (χ1n) is 6.23. The molecule has 100 valence electrons. The van der Waals surface area contributed by atoms with Gasteiger partial charge in [0, 0.05) is 25.4 Å². The van der Waals surface area contributed by atoms with Crippen molar-refractivity contribution in [1.82, 2.24) is 14.9 Å². The van der Waals surface area contributed by atoms with E-state index in [4.69, 9.17) is 4.74 Å². The molecule has 0 saturated carbocycles. The molecule has 1 aliphatic heterocycles. The quantitative estimate of drug-likeness (QED) is 0.601. The Hall–Kier alpha value is -0.720. The van der Waals surface area contributed by atoms with Crippen LogP contribution in [0.15, 0.2) is 11.4 Å². The molecule has 0 atom stereocenters. The van der Waals surface area contributed by atoms with Gasteiger partial charge in [0.2, 0.25) is 0 Å². The van der Waals surface area contributed by atoms with Crippen molar-refractivity contribution in [3.8, 4) is 0 Å². The van der Waals surface area contributed by atoms with Crippen molar-refractivity contribution in [2.75, 3.05) is 38.6 Å². The van der Waals surface area contributed by atoms with E-state index in [2.05, 4.69) is 14.9 Å². The Morgan fingerprint density at radius 1 is 1.39 bits per heavy atom. The van der Waals surface area contributed by atoms with E-state index in [1.165, 1.54) is 18.1 Å². The highest BCUT2D eigenvalue weighted by Crippen LogP contribution is 2.20. The Morgan fingerprint density at radius 3 is 2.89 bits per heavy atom. The van der Waals surface area contributed by atoms with E-state index in [9.17, 15) is 4.39 Å². The fourth-order valence-electron chi connectivity index (χ4n) is 1.83. The molecule has 2 heterocycles. The van der Waals surface area contributed by atoms with Gasteiger partial charge in [-0.3, -0.25) is 4.90 Å². The van der Waals surface area contributed by atoms with Gasteiger partial charge in [-0.1, -0.05) is 6.92 Å². The van der Waals surface area contributed by atoms with Gasteiger partial charge in [-0.15, -0.1) is 11.8 Å². The monoisotopic (exact) mass is 271 g/mol. The van der Waals surface area contributed by atoms with E-state index in [1.807, 2.05) is 6.92 Å². The van der Waals surface area contributed by atoms with Crippen LogP contribution >= 0.6 is 11.8 Å². The number of aryl methyl sites for hydroxylation is 1. The van der Waals surface area contributed by atoms with Gasteiger partial charge >= 0.3 is 0 Å². The van der Waals surface area contributed by atoms with Crippen LogP contribution in [0.5, 0.6) is 0 Å². The predicted octanol–water partition coefficient (Wildman–Crippen LogP) is 1.60. The van der Waals surface area contributed by atoms with Gasteiger partial charge in [-0.25, -0.2) is 14.4 Å². The summed E-state index contributed by atoms with van der Waals surface area (Å²) >= 11 is 1.46. The van der Waals surface area contributed by atoms with E-state index < -0.39 is 0 Å². The molecule has 0 bridgehead atoms. The summed E-state index contributed by atoms with van der Waals surface area (Å²) in [5.74, 6) is 0.587. The first-order chi connectivity index (χ1) is 8.81. The minimum absolute atomic E-state index is 0.257. The Kier molecular flexibility index (Phi) is 5.34. The molecular formula is C12H18FN3OS. The Morgan fingerprint density at radius 2 is 2.17 bits per heavy atom. The SMILES string of the molecule is CCc1ncnc(SCCN2CCOCC2)c1F. The van der Waals surface area contributed by atoms with Gasteiger partial charge < -0.3 is 4.74 Å². The molecule has 0 radical (unpaired) electrons. The largest absolute Gasteiger partial charge is 0.379 e. The molecule has 1 saturated heterocycles. The summed E-state index contributed by atoms with van der Waals surface area (Å²) in [4.78, 5) is 10.3. The summed E-state index contributed by atoms with van der Waals surface area (Å²) in [6.07, 6.45) is 2.05. The van der Waals surface area contributed by atoms with Gasteiger partial charge in [-0.2, -0.15) is 0 Å². The molecule has 18 heavy (non-hydrogen) atoms. The van der Waals surface area contributed by atoms with Crippen LogP contribution in [0, 0.1) is 5.82 Å². The van der Waals surface area contributed by atoms with Crippen molar-refractivity contribution in [3.63, 3.8) is 0 Å². The Balaban J connectivity index is 1.82. The lowest BCUT2D eigenvalue weighted by Crippen LogP contribution is -2.37. The molecule has 1 aromatic heterocycles. The maximum absolute atomic E-state index is 13.9. The zero-order valence-corrected chi connectivity index (χ0v) is 11.4. The molecule has 4 nitrogen and oxygen atoms in total. The maximum Gasteiger partial charge on any atom is 0.176 e. The van der Waals surface area contributed by atoms with Crippen LogP contribution in [0.4, 0.5) is 4.39 Å². The summed E-state index contributed by atoms with van der Waals surface area (Å²) in [7, 11) is 0. The normalized spacial score (nSPS) is 17.0. The third-order valence-corrected chi connectivity index (χ3v) is 3.86. The highest BCUT2D eigenvalue weighted by molar-refractivity contribution is 7.99. The average molecular weight is 271 g/mol. The van der Waals surface area contributed by atoms with Gasteiger partial charge in [-0.05, 0) is 6.42 Å². The van der Waals surface area contributed by atoms with E-state index in [0.717, 1.165) is 38.6 Å². The summed E-state index contributed by atoms with van der Waals surface area (Å²) in [6, 6.07) is 0. The highest BCUT2D eigenvalue weighted by Gasteiger charge is 2.12. The molecule has 0 aliphatic carbocycles. The lowest BCUT2D eigenvalue weighted by Gasteiger charge is -2.26. The number of thioether (sulfide) groups is 1. The number of nitrogens with zero attached hydrogens (tertiary/aromatic N) is 3. The second kappa shape index (κ2) is 7.01. The molecular weight excluding hydrogens is 253 g/mol. The van der Waals surface area contributed by atoms with E-state index in [-0.39, 0.29) is 5.82 Å². The molecule has 0 amide bonds. The number of rotatable bonds is 5. The fraction of sp³-hybridized carbons (Fsp3) is 0.667. The molecule has 0 spiro atoms. The zero-order chi connectivity index (χ0) is 12.8. The predicted molar refractivity (Wildman–Crippen MR) is 69.4 cm³/mol. The van der Waals surface area contributed by atoms with Crippen LogP contribution in [-0.2, 0) is 11.2 Å². The number of hydrogen-bond donors (Lipinski definition) is 0. The van der Waals surface area contributed by atoms with E-state index >= 15 is 0 Å². The number of morpholine rings is 1. The minimum Gasteiger partial charge on any atom is -0.379 e. The standard InChI is InChI=1S/C12H18FN3OS/c1-2-10-11(13)12(15-9-14-10)18-8-5-16-3-6-17-7-4-16/h9H,2-8H2,1H3. The molecule has 0 N–H and O–H groups in total. The number of halogens is 1. The van der Waals surface area contributed by atoms with Crippen LogP contribution in [0.1, 0.15) is 12.6 Å². The number of ether oxygens (including phenoxy) is 1. The fourth-order valence-corrected chi connectivity index (χ4v) is 2.74. The van der Waals surface area contributed by atoms with Crippen LogP contribution in [0.25, 0.3) is 0 Å². The van der Waals surface area contributed by atoms with Crippen molar-refractivity contribution in [1.29, 1.82) is 0 Å². The molecule has 1 fully saturated rings. The molecule has 1 aliphatic rings. The number of hydrogen-bond acceptors (Lipinski definition) is 5. The van der Waals surface area contributed by atoms with Gasteiger partial charge in [0.1, 0.15) is 11.4 Å². The van der Waals surface area contributed by atoms with Crippen molar-refractivity contribution in [3.05, 3.63) is 17.8 Å².